The fourth-order valence-corrected chi connectivity index (χ4v) is 3.06. The number of anilines is 1. The van der Waals surface area contributed by atoms with Gasteiger partial charge in [0.05, 0.1) is 30.8 Å². The van der Waals surface area contributed by atoms with Crippen molar-refractivity contribution in [3.05, 3.63) is 23.9 Å². The molecule has 0 aliphatic carbocycles. The number of carbonyl (C=O) groups is 2. The van der Waals surface area contributed by atoms with Gasteiger partial charge in [-0.15, -0.1) is 6.42 Å². The van der Waals surface area contributed by atoms with Gasteiger partial charge in [-0.1, -0.05) is 5.92 Å². The van der Waals surface area contributed by atoms with Crippen LogP contribution in [0.2, 0.25) is 0 Å². The minimum atomic E-state index is -0.464. The van der Waals surface area contributed by atoms with Crippen LogP contribution in [0, 0.1) is 23.7 Å². The largest absolute Gasteiger partial charge is 0.462 e. The predicted molar refractivity (Wildman–Crippen MR) is 109 cm³/mol. The Morgan fingerprint density at radius 2 is 2.10 bits per heavy atom. The lowest BCUT2D eigenvalue weighted by atomic mass is 10.1. The normalized spacial score (nSPS) is 18.6. The lowest BCUT2D eigenvalue weighted by Gasteiger charge is -2.29. The smallest absolute Gasteiger partial charge is 0.339 e. The van der Waals surface area contributed by atoms with Crippen LogP contribution in [0.25, 0.3) is 0 Å². The van der Waals surface area contributed by atoms with Gasteiger partial charge in [-0.2, -0.15) is 5.26 Å². The summed E-state index contributed by atoms with van der Waals surface area (Å²) in [6.45, 7) is 6.53. The summed E-state index contributed by atoms with van der Waals surface area (Å²) < 4.78 is 4.93. The summed E-state index contributed by atoms with van der Waals surface area (Å²) in [6, 6.07) is 4.71. The highest BCUT2D eigenvalue weighted by atomic mass is 16.5. The number of hydrogen-bond acceptors (Lipinski definition) is 7. The Labute approximate surface area is 171 Å². The molecule has 1 aliphatic rings. The van der Waals surface area contributed by atoms with Crippen LogP contribution in [0.15, 0.2) is 18.3 Å². The SMILES string of the molecule is C#C[C@H]1CC[C@@H](C#N)N1C(=O)CNC(C)(C)CNc1ccc(C(=O)OCC)cn1. The molecule has 29 heavy (non-hydrogen) atoms. The van der Waals surface area contributed by atoms with Crippen molar-refractivity contribution < 1.29 is 14.3 Å². The van der Waals surface area contributed by atoms with Gasteiger partial charge in [0.25, 0.3) is 0 Å². The molecule has 0 unspecified atom stereocenters. The number of esters is 1. The standard InChI is InChI=1S/C21H27N5O3/c1-5-16-8-9-17(11-22)26(16)19(27)13-25-21(3,4)14-24-18-10-7-15(12-23-18)20(28)29-6-2/h1,7,10,12,16-17,25H,6,8-9,13-14H2,2-4H3,(H,23,24)/t16-,17-/m0/s1. The van der Waals surface area contributed by atoms with Crippen molar-refractivity contribution in [2.45, 2.75) is 51.2 Å². The zero-order valence-electron chi connectivity index (χ0n) is 17.1. The molecule has 0 saturated carbocycles. The second-order valence-corrected chi connectivity index (χ2v) is 7.45. The molecule has 8 nitrogen and oxygen atoms in total. The molecule has 0 bridgehead atoms. The van der Waals surface area contributed by atoms with E-state index in [2.05, 4.69) is 27.6 Å². The third kappa shape index (κ3) is 5.94. The maximum absolute atomic E-state index is 12.6. The summed E-state index contributed by atoms with van der Waals surface area (Å²) in [5, 5.41) is 15.6. The number of likely N-dealkylation sites (tertiary alicyclic amines) is 1. The second-order valence-electron chi connectivity index (χ2n) is 7.45. The van der Waals surface area contributed by atoms with E-state index < -0.39 is 17.6 Å². The summed E-state index contributed by atoms with van der Waals surface area (Å²) in [7, 11) is 0. The molecule has 1 amide bonds. The van der Waals surface area contributed by atoms with Gasteiger partial charge in [0.1, 0.15) is 11.9 Å². The molecular weight excluding hydrogens is 370 g/mol. The van der Waals surface area contributed by atoms with E-state index in [0.29, 0.717) is 37.4 Å². The third-order valence-corrected chi connectivity index (χ3v) is 4.72. The average Bonchev–Trinajstić information content (AvgIpc) is 3.14. The lowest BCUT2D eigenvalue weighted by Crippen LogP contribution is -2.52. The van der Waals surface area contributed by atoms with Crippen molar-refractivity contribution >= 4 is 17.7 Å². The van der Waals surface area contributed by atoms with Gasteiger partial charge in [0, 0.05) is 18.3 Å². The van der Waals surface area contributed by atoms with Crippen LogP contribution in [-0.2, 0) is 9.53 Å². The summed E-state index contributed by atoms with van der Waals surface area (Å²) in [4.78, 5) is 30.0. The van der Waals surface area contributed by atoms with Crippen LogP contribution in [0.3, 0.4) is 0 Å². The molecule has 2 rings (SSSR count). The fraction of sp³-hybridized carbons (Fsp3) is 0.524. The first-order valence-electron chi connectivity index (χ1n) is 9.60. The number of hydrogen-bond donors (Lipinski definition) is 2. The molecule has 2 N–H and O–H groups in total. The number of amides is 1. The molecule has 0 radical (unpaired) electrons. The molecule has 8 heteroatoms. The van der Waals surface area contributed by atoms with E-state index in [4.69, 9.17) is 11.2 Å². The number of nitrogens with one attached hydrogen (secondary N) is 2. The molecule has 1 aromatic rings. The summed E-state index contributed by atoms with van der Waals surface area (Å²) in [5.41, 5.74) is -0.0360. The van der Waals surface area contributed by atoms with Crippen molar-refractivity contribution in [3.8, 4) is 18.4 Å². The molecular formula is C21H27N5O3. The molecule has 0 aromatic carbocycles. The summed E-state index contributed by atoms with van der Waals surface area (Å²) in [6.07, 6.45) is 8.22. The Hall–Kier alpha value is -3.10. The van der Waals surface area contributed by atoms with E-state index in [1.165, 1.54) is 11.1 Å². The topological polar surface area (TPSA) is 107 Å². The summed E-state index contributed by atoms with van der Waals surface area (Å²) in [5.74, 6) is 2.62. The van der Waals surface area contributed by atoms with Gasteiger partial charge in [-0.25, -0.2) is 9.78 Å². The highest BCUT2D eigenvalue weighted by molar-refractivity contribution is 5.89. The van der Waals surface area contributed by atoms with E-state index in [0.717, 1.165) is 0 Å². The van der Waals surface area contributed by atoms with Crippen molar-refractivity contribution in [1.29, 1.82) is 5.26 Å². The first kappa shape index (κ1) is 22.2. The highest BCUT2D eigenvalue weighted by Crippen LogP contribution is 2.23. The van der Waals surface area contributed by atoms with E-state index in [1.54, 1.807) is 19.1 Å². The molecule has 2 heterocycles. The highest BCUT2D eigenvalue weighted by Gasteiger charge is 2.36. The Balaban J connectivity index is 1.87. The molecule has 2 atom stereocenters. The number of aromatic nitrogens is 1. The molecule has 1 aromatic heterocycles. The van der Waals surface area contributed by atoms with E-state index >= 15 is 0 Å². The molecule has 1 fully saturated rings. The Morgan fingerprint density at radius 1 is 1.38 bits per heavy atom. The van der Waals surface area contributed by atoms with Gasteiger partial charge < -0.3 is 20.3 Å². The quantitative estimate of drug-likeness (QED) is 0.506. The minimum Gasteiger partial charge on any atom is -0.462 e. The van der Waals surface area contributed by atoms with Gasteiger partial charge >= 0.3 is 5.97 Å². The molecule has 1 saturated heterocycles. The van der Waals surface area contributed by atoms with Crippen molar-refractivity contribution in [3.63, 3.8) is 0 Å². The minimum absolute atomic E-state index is 0.0836. The third-order valence-electron chi connectivity index (χ3n) is 4.72. The number of carbonyl (C=O) groups excluding carboxylic acids is 2. The van der Waals surface area contributed by atoms with Gasteiger partial charge in [0.2, 0.25) is 5.91 Å². The number of nitrogens with zero attached hydrogens (tertiary/aromatic N) is 3. The monoisotopic (exact) mass is 397 g/mol. The number of nitriles is 1. The van der Waals surface area contributed by atoms with Crippen LogP contribution in [-0.4, -0.2) is 59.1 Å². The van der Waals surface area contributed by atoms with Gasteiger partial charge in [0.15, 0.2) is 0 Å². The molecule has 0 spiro atoms. The predicted octanol–water partition coefficient (Wildman–Crippen LogP) is 1.55. The van der Waals surface area contributed by atoms with Crippen LogP contribution in [0.4, 0.5) is 5.82 Å². The maximum atomic E-state index is 12.6. The molecule has 154 valence electrons. The Kier molecular flexibility index (Phi) is 7.58. The number of ether oxygens (including phenoxy) is 1. The van der Waals surface area contributed by atoms with Crippen LogP contribution in [0.5, 0.6) is 0 Å². The van der Waals surface area contributed by atoms with Crippen molar-refractivity contribution in [2.75, 3.05) is 25.0 Å². The van der Waals surface area contributed by atoms with Crippen molar-refractivity contribution in [1.82, 2.24) is 15.2 Å². The summed E-state index contributed by atoms with van der Waals surface area (Å²) >= 11 is 0. The number of terminal acetylenes is 1. The first-order valence-corrected chi connectivity index (χ1v) is 9.60. The van der Waals surface area contributed by atoms with Crippen LogP contribution < -0.4 is 10.6 Å². The number of rotatable bonds is 8. The molecule has 1 aliphatic heterocycles. The average molecular weight is 397 g/mol. The van der Waals surface area contributed by atoms with Crippen molar-refractivity contribution in [2.24, 2.45) is 0 Å². The Bertz CT molecular complexity index is 785. The second kappa shape index (κ2) is 9.90. The maximum Gasteiger partial charge on any atom is 0.339 e. The zero-order chi connectivity index (χ0) is 21.4. The van der Waals surface area contributed by atoms with E-state index in [9.17, 15) is 14.9 Å². The first-order chi connectivity index (χ1) is 13.8. The van der Waals surface area contributed by atoms with E-state index in [-0.39, 0.29) is 18.5 Å². The van der Waals surface area contributed by atoms with Gasteiger partial charge in [-0.3, -0.25) is 4.79 Å². The lowest BCUT2D eigenvalue weighted by molar-refractivity contribution is -0.131. The van der Waals surface area contributed by atoms with Gasteiger partial charge in [-0.05, 0) is 45.7 Å². The zero-order valence-corrected chi connectivity index (χ0v) is 17.1. The van der Waals surface area contributed by atoms with Crippen LogP contribution in [0.1, 0.15) is 44.0 Å². The number of pyridine rings is 1. The van der Waals surface area contributed by atoms with Crippen LogP contribution >= 0.6 is 0 Å². The Morgan fingerprint density at radius 3 is 2.69 bits per heavy atom. The van der Waals surface area contributed by atoms with E-state index in [1.807, 2.05) is 13.8 Å². The fourth-order valence-electron chi connectivity index (χ4n) is 3.06.